The van der Waals surface area contributed by atoms with Gasteiger partial charge in [0.15, 0.2) is 0 Å². The molecule has 4 heteroatoms. The summed E-state index contributed by atoms with van der Waals surface area (Å²) in [6.45, 7) is 4.78. The molecule has 0 bridgehead atoms. The van der Waals surface area contributed by atoms with Gasteiger partial charge >= 0.3 is 0 Å². The minimum Gasteiger partial charge on any atom is -0.497 e. The van der Waals surface area contributed by atoms with Crippen LogP contribution >= 0.6 is 19.9 Å². The van der Waals surface area contributed by atoms with Gasteiger partial charge in [-0.1, -0.05) is 42.5 Å². The Labute approximate surface area is 174 Å². The fraction of sp³-hybridized carbons (Fsp3) is 0.250. The van der Waals surface area contributed by atoms with Crippen molar-refractivity contribution in [3.05, 3.63) is 90.0 Å². The van der Waals surface area contributed by atoms with Crippen LogP contribution in [0.4, 0.5) is 0 Å². The summed E-state index contributed by atoms with van der Waals surface area (Å²) < 4.78 is 10.3. The molecule has 0 radical (unpaired) electrons. The maximum atomic E-state index is 5.35. The summed E-state index contributed by atoms with van der Waals surface area (Å²) >= 11 is 5.31. The van der Waals surface area contributed by atoms with Crippen LogP contribution in [0.15, 0.2) is 78.9 Å². The van der Waals surface area contributed by atoms with Crippen LogP contribution in [0.1, 0.15) is 11.1 Å². The number of hydrogen-bond donors (Lipinski definition) is 1. The van der Waals surface area contributed by atoms with Crippen molar-refractivity contribution >= 4 is 25.2 Å². The quantitative estimate of drug-likeness (QED) is 0.410. The zero-order valence-electron chi connectivity index (χ0n) is 16.9. The molecule has 2 nitrogen and oxygen atoms in total. The number of rotatable bonds is 7. The lowest BCUT2D eigenvalue weighted by molar-refractivity contribution is 0.414. The predicted octanol–water partition coefficient (Wildman–Crippen LogP) is 5.48. The van der Waals surface area contributed by atoms with Crippen LogP contribution in [0, 0.1) is 0 Å². The summed E-state index contributed by atoms with van der Waals surface area (Å²) in [4.78, 5) is 0. The summed E-state index contributed by atoms with van der Waals surface area (Å²) in [6.07, 6.45) is 0.950. The van der Waals surface area contributed by atoms with Gasteiger partial charge < -0.3 is 9.47 Å². The van der Waals surface area contributed by atoms with Crippen molar-refractivity contribution in [3.63, 3.8) is 0 Å². The Morgan fingerprint density at radius 2 is 1.14 bits per heavy atom. The normalized spacial score (nSPS) is 11.9. The molecule has 0 unspecified atom stereocenters. The summed E-state index contributed by atoms with van der Waals surface area (Å²) in [7, 11) is 1.96. The average molecular weight is 412 g/mol. The van der Waals surface area contributed by atoms with Crippen LogP contribution in [-0.2, 0) is 4.75 Å². The molecule has 3 aromatic carbocycles. The van der Waals surface area contributed by atoms with Crippen LogP contribution < -0.4 is 14.8 Å². The van der Waals surface area contributed by atoms with Crippen LogP contribution in [-0.4, -0.2) is 33.7 Å². The highest BCUT2D eigenvalue weighted by molar-refractivity contribution is 7.85. The van der Waals surface area contributed by atoms with E-state index >= 15 is 0 Å². The van der Waals surface area contributed by atoms with E-state index in [-0.39, 0.29) is 0 Å². The molecule has 0 fully saturated rings. The predicted molar refractivity (Wildman–Crippen MR) is 125 cm³/mol. The summed E-state index contributed by atoms with van der Waals surface area (Å²) in [5, 5.41) is 1.41. The van der Waals surface area contributed by atoms with Crippen molar-refractivity contribution in [2.24, 2.45) is 0 Å². The van der Waals surface area contributed by atoms with Gasteiger partial charge in [-0.25, -0.2) is 0 Å². The van der Waals surface area contributed by atoms with Gasteiger partial charge in [0.25, 0.3) is 0 Å². The van der Waals surface area contributed by atoms with Gasteiger partial charge in [-0.3, -0.25) is 0 Å². The highest BCUT2D eigenvalue weighted by Crippen LogP contribution is 2.57. The molecule has 0 aliphatic rings. The summed E-state index contributed by atoms with van der Waals surface area (Å²) in [5.74, 6) is 1.71. The first-order valence-corrected chi connectivity index (χ1v) is 12.6. The molecule has 3 rings (SSSR count). The standard InChI is InChI=1S/C24H27O2PS/c1-25-21-14-10-19(11-15-21)24(28,20-12-16-22(26-2)17-13-20)18-27(3,4)23-8-6-5-7-9-23/h5-17H,18H2,1-4H3/p+1. The summed E-state index contributed by atoms with van der Waals surface area (Å²) in [6, 6.07) is 27.4. The lowest BCUT2D eigenvalue weighted by Crippen LogP contribution is -2.30. The molecule has 0 heterocycles. The van der Waals surface area contributed by atoms with Gasteiger partial charge in [0.2, 0.25) is 0 Å². The van der Waals surface area contributed by atoms with Crippen molar-refractivity contribution in [1.29, 1.82) is 0 Å². The molecule has 0 saturated heterocycles. The van der Waals surface area contributed by atoms with Crippen molar-refractivity contribution in [1.82, 2.24) is 0 Å². The second-order valence-corrected chi connectivity index (χ2v) is 12.5. The molecule has 0 aromatic heterocycles. The Bertz CT molecular complexity index is 843. The first kappa shape index (κ1) is 20.8. The fourth-order valence-corrected chi connectivity index (χ4v) is 7.61. The molecule has 0 spiro atoms. The molecule has 28 heavy (non-hydrogen) atoms. The third-order valence-electron chi connectivity index (χ3n) is 5.21. The third-order valence-corrected chi connectivity index (χ3v) is 9.10. The Balaban J connectivity index is 2.07. The van der Waals surface area contributed by atoms with E-state index in [1.807, 2.05) is 24.3 Å². The van der Waals surface area contributed by atoms with Crippen molar-refractivity contribution in [3.8, 4) is 11.5 Å². The van der Waals surface area contributed by atoms with Gasteiger partial charge in [-0.15, -0.1) is 0 Å². The van der Waals surface area contributed by atoms with Crippen LogP contribution in [0.3, 0.4) is 0 Å². The fourth-order valence-electron chi connectivity index (χ4n) is 3.58. The average Bonchev–Trinajstić information content (AvgIpc) is 2.74. The SMILES string of the molecule is COc1ccc(C(S)(C[P+](C)(C)c2ccccc2)c2ccc(OC)cc2)cc1. The van der Waals surface area contributed by atoms with E-state index in [1.165, 1.54) is 16.4 Å². The van der Waals surface area contributed by atoms with Gasteiger partial charge in [0.05, 0.1) is 43.8 Å². The Morgan fingerprint density at radius 1 is 0.714 bits per heavy atom. The van der Waals surface area contributed by atoms with Gasteiger partial charge in [0, 0.05) is 7.26 Å². The smallest absolute Gasteiger partial charge is 0.118 e. The maximum absolute atomic E-state index is 5.35. The molecule has 0 aliphatic carbocycles. The highest BCUT2D eigenvalue weighted by Gasteiger charge is 2.42. The zero-order chi connectivity index (χ0) is 20.2. The lowest BCUT2D eigenvalue weighted by atomic mass is 9.91. The Kier molecular flexibility index (Phi) is 6.37. The second kappa shape index (κ2) is 8.59. The number of ether oxygens (including phenoxy) is 2. The maximum Gasteiger partial charge on any atom is 0.118 e. The minimum atomic E-state index is -1.42. The Hall–Kier alpha value is -1.96. The van der Waals surface area contributed by atoms with Crippen LogP contribution in [0.5, 0.6) is 11.5 Å². The molecule has 146 valence electrons. The van der Waals surface area contributed by atoms with E-state index in [0.29, 0.717) is 0 Å². The monoisotopic (exact) mass is 411 g/mol. The van der Waals surface area contributed by atoms with E-state index < -0.39 is 12.0 Å². The molecular weight excluding hydrogens is 383 g/mol. The first-order valence-electron chi connectivity index (χ1n) is 9.29. The van der Waals surface area contributed by atoms with E-state index in [9.17, 15) is 0 Å². The molecule has 0 aliphatic heterocycles. The highest BCUT2D eigenvalue weighted by atomic mass is 32.1. The van der Waals surface area contributed by atoms with Gasteiger partial charge in [-0.05, 0) is 47.5 Å². The zero-order valence-corrected chi connectivity index (χ0v) is 18.7. The van der Waals surface area contributed by atoms with E-state index in [1.54, 1.807) is 14.2 Å². The van der Waals surface area contributed by atoms with Crippen molar-refractivity contribution in [2.75, 3.05) is 33.7 Å². The van der Waals surface area contributed by atoms with Crippen molar-refractivity contribution < 1.29 is 9.47 Å². The molecule has 0 amide bonds. The van der Waals surface area contributed by atoms with Crippen LogP contribution in [0.2, 0.25) is 0 Å². The molecule has 0 saturated carbocycles. The number of hydrogen-bond acceptors (Lipinski definition) is 3. The molecular formula is C24H28O2PS+. The van der Waals surface area contributed by atoms with Crippen molar-refractivity contribution in [2.45, 2.75) is 4.75 Å². The number of benzene rings is 3. The summed E-state index contributed by atoms with van der Waals surface area (Å²) in [5.41, 5.74) is 2.34. The molecule has 3 aromatic rings. The first-order chi connectivity index (χ1) is 13.4. The van der Waals surface area contributed by atoms with Gasteiger partial charge in [0.1, 0.15) is 11.5 Å². The van der Waals surface area contributed by atoms with E-state index in [2.05, 4.69) is 67.9 Å². The topological polar surface area (TPSA) is 18.5 Å². The van der Waals surface area contributed by atoms with E-state index in [0.717, 1.165) is 17.7 Å². The third kappa shape index (κ3) is 4.37. The Morgan fingerprint density at radius 3 is 1.54 bits per heavy atom. The number of methoxy groups -OCH3 is 2. The number of thiol groups is 1. The second-order valence-electron chi connectivity index (χ2n) is 7.50. The minimum absolute atomic E-state index is 0.411. The van der Waals surface area contributed by atoms with E-state index in [4.69, 9.17) is 22.1 Å². The van der Waals surface area contributed by atoms with Gasteiger partial charge in [-0.2, -0.15) is 12.6 Å². The largest absolute Gasteiger partial charge is 0.497 e. The molecule has 0 N–H and O–H groups in total. The lowest BCUT2D eigenvalue weighted by Gasteiger charge is -2.34. The van der Waals surface area contributed by atoms with Crippen LogP contribution in [0.25, 0.3) is 0 Å². The molecule has 0 atom stereocenters.